The van der Waals surface area contributed by atoms with Gasteiger partial charge in [-0.15, -0.1) is 0 Å². The molecule has 14 heteroatoms. The second kappa shape index (κ2) is 11.9. The monoisotopic (exact) mass is 505 g/mol. The van der Waals surface area contributed by atoms with E-state index in [0.717, 1.165) is 0 Å². The van der Waals surface area contributed by atoms with Gasteiger partial charge in [-0.25, -0.2) is 0 Å². The fourth-order valence-electron chi connectivity index (χ4n) is 3.80. The number of aliphatic hydroxyl groups is 7. The molecular formula is C21H31NO13. The molecule has 198 valence electrons. The van der Waals surface area contributed by atoms with Crippen molar-refractivity contribution >= 4 is 5.97 Å². The lowest BCUT2D eigenvalue weighted by Crippen LogP contribution is -2.64. The number of benzene rings is 1. The molecule has 2 saturated heterocycles. The topological polar surface area (TPSA) is 242 Å². The second-order valence-electron chi connectivity index (χ2n) is 8.45. The maximum absolute atomic E-state index is 12.3. The molecule has 3 rings (SSSR count). The molecule has 0 radical (unpaired) electrons. The highest BCUT2D eigenvalue weighted by molar-refractivity contribution is 5.75. The normalized spacial score (nSPS) is 38.6. The number of carbonyl (C=O) groups excluding carboxylic acids is 1. The molecule has 2 fully saturated rings. The Morgan fingerprint density at radius 2 is 1.57 bits per heavy atom. The molecule has 0 aliphatic carbocycles. The van der Waals surface area contributed by atoms with Crippen molar-refractivity contribution in [3.05, 3.63) is 29.8 Å². The zero-order valence-electron chi connectivity index (χ0n) is 18.5. The van der Waals surface area contributed by atoms with Crippen molar-refractivity contribution in [2.75, 3.05) is 13.2 Å². The van der Waals surface area contributed by atoms with Gasteiger partial charge in [-0.2, -0.15) is 0 Å². The molecule has 14 nitrogen and oxygen atoms in total. The van der Waals surface area contributed by atoms with Crippen LogP contribution in [0.2, 0.25) is 0 Å². The van der Waals surface area contributed by atoms with Crippen LogP contribution in [0.5, 0.6) is 5.75 Å². The summed E-state index contributed by atoms with van der Waals surface area (Å²) in [6.45, 7) is -1.32. The van der Waals surface area contributed by atoms with Crippen molar-refractivity contribution in [2.24, 2.45) is 5.73 Å². The Labute approximate surface area is 199 Å². The smallest absolute Gasteiger partial charge is 0.323 e. The van der Waals surface area contributed by atoms with Crippen LogP contribution in [0.3, 0.4) is 0 Å². The lowest BCUT2D eigenvalue weighted by Gasteiger charge is -2.45. The zero-order chi connectivity index (χ0) is 25.9. The third-order valence-electron chi connectivity index (χ3n) is 5.88. The number of phenols is 1. The van der Waals surface area contributed by atoms with Crippen LogP contribution in [0, 0.1) is 0 Å². The van der Waals surface area contributed by atoms with Crippen molar-refractivity contribution in [1.82, 2.24) is 0 Å². The first-order valence-corrected chi connectivity index (χ1v) is 10.9. The molecule has 2 aliphatic rings. The molecule has 0 amide bonds. The Bertz CT molecular complexity index is 824. The van der Waals surface area contributed by atoms with E-state index in [1.165, 1.54) is 12.1 Å². The van der Waals surface area contributed by atoms with E-state index in [4.69, 9.17) is 24.7 Å². The Morgan fingerprint density at radius 3 is 2.20 bits per heavy atom. The van der Waals surface area contributed by atoms with Gasteiger partial charge in [0, 0.05) is 0 Å². The maximum atomic E-state index is 12.3. The number of carbonyl (C=O) groups is 1. The molecule has 1 aromatic carbocycles. The van der Waals surface area contributed by atoms with Crippen LogP contribution in [0.4, 0.5) is 0 Å². The van der Waals surface area contributed by atoms with Gasteiger partial charge in [-0.05, 0) is 24.1 Å². The minimum absolute atomic E-state index is 0.0501. The van der Waals surface area contributed by atoms with E-state index in [-0.39, 0.29) is 12.2 Å². The van der Waals surface area contributed by atoms with Crippen LogP contribution in [0.15, 0.2) is 24.3 Å². The van der Waals surface area contributed by atoms with Crippen LogP contribution in [0.25, 0.3) is 0 Å². The second-order valence-corrected chi connectivity index (χ2v) is 8.45. The molecule has 10 N–H and O–H groups in total. The minimum Gasteiger partial charge on any atom is -0.508 e. The number of hydrogen-bond acceptors (Lipinski definition) is 14. The Hall–Kier alpha value is -1.95. The third kappa shape index (κ3) is 6.44. The van der Waals surface area contributed by atoms with Crippen molar-refractivity contribution in [2.45, 2.75) is 73.9 Å². The fraction of sp³-hybridized carbons (Fsp3) is 0.667. The van der Waals surface area contributed by atoms with Gasteiger partial charge in [-0.3, -0.25) is 4.79 Å². The van der Waals surface area contributed by atoms with E-state index in [9.17, 15) is 45.6 Å². The molecule has 2 heterocycles. The minimum atomic E-state index is -1.83. The molecule has 1 aromatic rings. The predicted molar refractivity (Wildman–Crippen MR) is 112 cm³/mol. The summed E-state index contributed by atoms with van der Waals surface area (Å²) in [5, 5.41) is 79.1. The number of esters is 1. The van der Waals surface area contributed by atoms with Gasteiger partial charge in [0.2, 0.25) is 0 Å². The predicted octanol–water partition coefficient (Wildman–Crippen LogP) is -4.57. The summed E-state index contributed by atoms with van der Waals surface area (Å²) in [6, 6.07) is 4.93. The van der Waals surface area contributed by atoms with Gasteiger partial charge in [0.15, 0.2) is 12.6 Å². The molecule has 0 bridgehead atoms. The third-order valence-corrected chi connectivity index (χ3v) is 5.88. The molecule has 2 aliphatic heterocycles. The summed E-state index contributed by atoms with van der Waals surface area (Å²) in [7, 11) is 0. The standard InChI is InChI=1S/C21H31NO13/c22-10(5-8-1-3-9(24)4-2-8)19(30)32-7-12-13(25)14(26)17(29)21(34-12)35-18-11(6-23)33-20(31)16(28)15(18)27/h1-4,10-18,20-21,23-29,31H,5-7,22H2/t10-,11+,12+,13-,14-,15+,16+,17+,18+,20-,21-/m0/s1. The average molecular weight is 505 g/mol. The molecular weight excluding hydrogens is 474 g/mol. The van der Waals surface area contributed by atoms with Crippen LogP contribution in [-0.2, 0) is 30.2 Å². The van der Waals surface area contributed by atoms with Gasteiger partial charge in [0.25, 0.3) is 0 Å². The molecule has 0 spiro atoms. The van der Waals surface area contributed by atoms with Gasteiger partial charge >= 0.3 is 5.97 Å². The number of aromatic hydroxyl groups is 1. The van der Waals surface area contributed by atoms with E-state index in [1.54, 1.807) is 12.1 Å². The summed E-state index contributed by atoms with van der Waals surface area (Å²) in [4.78, 5) is 12.3. The van der Waals surface area contributed by atoms with Gasteiger partial charge in [-0.1, -0.05) is 12.1 Å². The van der Waals surface area contributed by atoms with E-state index in [2.05, 4.69) is 0 Å². The lowest BCUT2D eigenvalue weighted by molar-refractivity contribution is -0.355. The van der Waals surface area contributed by atoms with Gasteiger partial charge in [0.1, 0.15) is 67.2 Å². The highest BCUT2D eigenvalue weighted by atomic mass is 16.7. The van der Waals surface area contributed by atoms with E-state index in [1.807, 2.05) is 0 Å². The summed E-state index contributed by atoms with van der Waals surface area (Å²) in [5.41, 5.74) is 6.50. The summed E-state index contributed by atoms with van der Waals surface area (Å²) >= 11 is 0. The Morgan fingerprint density at radius 1 is 0.914 bits per heavy atom. The van der Waals surface area contributed by atoms with Crippen LogP contribution in [0.1, 0.15) is 5.56 Å². The zero-order valence-corrected chi connectivity index (χ0v) is 18.5. The van der Waals surface area contributed by atoms with E-state index < -0.39 is 86.6 Å². The molecule has 0 unspecified atom stereocenters. The van der Waals surface area contributed by atoms with Gasteiger partial charge < -0.3 is 65.5 Å². The van der Waals surface area contributed by atoms with Crippen LogP contribution in [-0.4, -0.2) is 127 Å². The number of hydrogen-bond donors (Lipinski definition) is 9. The highest BCUT2D eigenvalue weighted by Crippen LogP contribution is 2.28. The molecule has 0 aromatic heterocycles. The molecule has 11 atom stereocenters. The number of ether oxygens (including phenoxy) is 4. The Balaban J connectivity index is 1.60. The largest absolute Gasteiger partial charge is 0.508 e. The van der Waals surface area contributed by atoms with Gasteiger partial charge in [0.05, 0.1) is 6.61 Å². The summed E-state index contributed by atoms with van der Waals surface area (Å²) in [5.74, 6) is -0.797. The van der Waals surface area contributed by atoms with Crippen molar-refractivity contribution in [1.29, 1.82) is 0 Å². The SMILES string of the molecule is N[C@@H](Cc1ccc(O)cc1)C(=O)OC[C@H]1O[C@@H](O[C@H]2[C@H](O)[C@@H](O)[C@@H](O)O[C@@H]2CO)[C@H](O)[C@@H](O)[C@H]1O. The van der Waals surface area contributed by atoms with E-state index in [0.29, 0.717) is 5.56 Å². The first-order chi connectivity index (χ1) is 16.5. The Kier molecular flexibility index (Phi) is 9.36. The first kappa shape index (κ1) is 27.6. The molecule has 35 heavy (non-hydrogen) atoms. The van der Waals surface area contributed by atoms with Crippen LogP contribution >= 0.6 is 0 Å². The van der Waals surface area contributed by atoms with Crippen LogP contribution < -0.4 is 5.73 Å². The number of phenolic OH excluding ortho intramolecular Hbond substituents is 1. The number of nitrogens with two attached hydrogens (primary N) is 1. The highest BCUT2D eigenvalue weighted by Gasteiger charge is 2.50. The average Bonchev–Trinajstić information content (AvgIpc) is 2.84. The van der Waals surface area contributed by atoms with Crippen molar-refractivity contribution in [3.63, 3.8) is 0 Å². The number of rotatable bonds is 8. The summed E-state index contributed by atoms with van der Waals surface area (Å²) in [6.07, 6.45) is -16.5. The molecule has 0 saturated carbocycles. The maximum Gasteiger partial charge on any atom is 0.323 e. The quantitative estimate of drug-likeness (QED) is 0.151. The summed E-state index contributed by atoms with van der Waals surface area (Å²) < 4.78 is 20.9. The number of aliphatic hydroxyl groups excluding tert-OH is 7. The lowest BCUT2D eigenvalue weighted by atomic mass is 9.97. The van der Waals surface area contributed by atoms with E-state index >= 15 is 0 Å². The van der Waals surface area contributed by atoms with Crippen molar-refractivity contribution in [3.8, 4) is 5.75 Å². The first-order valence-electron chi connectivity index (χ1n) is 10.9. The van der Waals surface area contributed by atoms with Crippen molar-refractivity contribution < 1.29 is 64.6 Å². The fourth-order valence-corrected chi connectivity index (χ4v) is 3.80.